The number of amides is 1. The first-order valence-electron chi connectivity index (χ1n) is 7.99. The summed E-state index contributed by atoms with van der Waals surface area (Å²) in [4.78, 5) is 26.3. The maximum atomic E-state index is 12.4. The van der Waals surface area contributed by atoms with Crippen molar-refractivity contribution in [3.05, 3.63) is 29.8 Å². The number of ether oxygens (including phenoxy) is 1. The zero-order chi connectivity index (χ0) is 17.9. The second-order valence-electron chi connectivity index (χ2n) is 6.32. The molecule has 2 rings (SSSR count). The van der Waals surface area contributed by atoms with Gasteiger partial charge < -0.3 is 9.64 Å². The molecule has 24 heavy (non-hydrogen) atoms. The standard InChI is InChI=1S/C17H23NO5S/c1-12-8-10-18(11-9-12)16(19)13(2)23-17(20)14-6-4-5-7-15(14)24(3,21)22/h4-7,12-13H,8-11H2,1-3H3/t13-/m1/s1. The summed E-state index contributed by atoms with van der Waals surface area (Å²) in [6.07, 6.45) is 1.95. The Bertz CT molecular complexity index is 720. The third-order valence-corrected chi connectivity index (χ3v) is 5.39. The summed E-state index contributed by atoms with van der Waals surface area (Å²) >= 11 is 0. The fourth-order valence-electron chi connectivity index (χ4n) is 2.72. The third kappa shape index (κ3) is 4.35. The third-order valence-electron chi connectivity index (χ3n) is 4.23. The molecule has 0 N–H and O–H groups in total. The molecule has 0 saturated carbocycles. The van der Waals surface area contributed by atoms with Gasteiger partial charge in [0.1, 0.15) is 0 Å². The highest BCUT2D eigenvalue weighted by atomic mass is 32.2. The molecule has 0 spiro atoms. The molecule has 0 aromatic heterocycles. The second-order valence-corrected chi connectivity index (χ2v) is 8.31. The van der Waals surface area contributed by atoms with E-state index in [1.165, 1.54) is 25.1 Å². The van der Waals surface area contributed by atoms with Crippen molar-refractivity contribution < 1.29 is 22.7 Å². The molecule has 1 aliphatic heterocycles. The van der Waals surface area contributed by atoms with Crippen LogP contribution in [0.5, 0.6) is 0 Å². The molecule has 7 heteroatoms. The molecular formula is C17H23NO5S. The van der Waals surface area contributed by atoms with Gasteiger partial charge in [-0.1, -0.05) is 19.1 Å². The summed E-state index contributed by atoms with van der Waals surface area (Å²) in [7, 11) is -3.56. The fraction of sp³-hybridized carbons (Fsp3) is 0.529. The fourth-order valence-corrected chi connectivity index (χ4v) is 3.60. The number of rotatable bonds is 4. The van der Waals surface area contributed by atoms with Crippen LogP contribution in [-0.4, -0.2) is 50.6 Å². The Morgan fingerprint density at radius 3 is 2.38 bits per heavy atom. The molecule has 1 aromatic carbocycles. The lowest BCUT2D eigenvalue weighted by atomic mass is 9.99. The summed E-state index contributed by atoms with van der Waals surface area (Å²) in [5, 5.41) is 0. The zero-order valence-electron chi connectivity index (χ0n) is 14.2. The Morgan fingerprint density at radius 2 is 1.79 bits per heavy atom. The Balaban J connectivity index is 2.08. The zero-order valence-corrected chi connectivity index (χ0v) is 15.0. The van der Waals surface area contributed by atoms with Gasteiger partial charge in [-0.05, 0) is 37.8 Å². The quantitative estimate of drug-likeness (QED) is 0.772. The van der Waals surface area contributed by atoms with Crippen LogP contribution in [-0.2, 0) is 19.4 Å². The smallest absolute Gasteiger partial charge is 0.340 e. The van der Waals surface area contributed by atoms with Gasteiger partial charge in [0, 0.05) is 19.3 Å². The molecule has 0 bridgehead atoms. The summed E-state index contributed by atoms with van der Waals surface area (Å²) in [6.45, 7) is 4.97. The number of carbonyl (C=O) groups excluding carboxylic acids is 2. The number of hydrogen-bond acceptors (Lipinski definition) is 5. The van der Waals surface area contributed by atoms with Crippen LogP contribution in [0.4, 0.5) is 0 Å². The minimum absolute atomic E-state index is 0.0492. The van der Waals surface area contributed by atoms with Gasteiger partial charge in [-0.15, -0.1) is 0 Å². The lowest BCUT2D eigenvalue weighted by molar-refractivity contribution is -0.141. The van der Waals surface area contributed by atoms with Crippen LogP contribution < -0.4 is 0 Å². The van der Waals surface area contributed by atoms with Gasteiger partial charge >= 0.3 is 5.97 Å². The molecule has 1 aromatic rings. The molecule has 1 heterocycles. The van der Waals surface area contributed by atoms with Gasteiger partial charge in [-0.3, -0.25) is 4.79 Å². The number of likely N-dealkylation sites (tertiary alicyclic amines) is 1. The Morgan fingerprint density at radius 1 is 1.21 bits per heavy atom. The van der Waals surface area contributed by atoms with Crippen molar-refractivity contribution in [2.45, 2.75) is 37.7 Å². The Hall–Kier alpha value is -1.89. The number of carbonyl (C=O) groups is 2. The predicted molar refractivity (Wildman–Crippen MR) is 89.4 cm³/mol. The number of esters is 1. The topological polar surface area (TPSA) is 80.8 Å². The Labute approximate surface area is 142 Å². The van der Waals surface area contributed by atoms with Gasteiger partial charge in [0.2, 0.25) is 0 Å². The molecule has 1 amide bonds. The van der Waals surface area contributed by atoms with Gasteiger partial charge in [0.25, 0.3) is 5.91 Å². The van der Waals surface area contributed by atoms with Crippen LogP contribution in [0, 0.1) is 5.92 Å². The number of piperidine rings is 1. The molecule has 0 radical (unpaired) electrons. The second kappa shape index (κ2) is 7.34. The maximum Gasteiger partial charge on any atom is 0.340 e. The van der Waals surface area contributed by atoms with Gasteiger partial charge in [-0.2, -0.15) is 0 Å². The number of sulfone groups is 1. The van der Waals surface area contributed by atoms with Crippen molar-refractivity contribution in [1.29, 1.82) is 0 Å². The highest BCUT2D eigenvalue weighted by Crippen LogP contribution is 2.19. The molecule has 0 unspecified atom stereocenters. The first-order chi connectivity index (χ1) is 11.2. The van der Waals surface area contributed by atoms with Crippen LogP contribution in [0.2, 0.25) is 0 Å². The van der Waals surface area contributed by atoms with Crippen molar-refractivity contribution in [3.63, 3.8) is 0 Å². The molecule has 132 valence electrons. The lowest BCUT2D eigenvalue weighted by Crippen LogP contribution is -2.44. The highest BCUT2D eigenvalue weighted by molar-refractivity contribution is 7.90. The van der Waals surface area contributed by atoms with E-state index in [1.807, 2.05) is 0 Å². The predicted octanol–water partition coefficient (Wildman–Crippen LogP) is 1.89. The van der Waals surface area contributed by atoms with E-state index in [0.717, 1.165) is 19.1 Å². The average molecular weight is 353 g/mol. The molecule has 6 nitrogen and oxygen atoms in total. The SMILES string of the molecule is CC1CCN(C(=O)[C@@H](C)OC(=O)c2ccccc2S(C)(=O)=O)CC1. The maximum absolute atomic E-state index is 12.4. The molecule has 1 fully saturated rings. The monoisotopic (exact) mass is 353 g/mol. The van der Waals surface area contributed by atoms with Crippen LogP contribution in [0.1, 0.15) is 37.0 Å². The minimum atomic E-state index is -3.56. The van der Waals surface area contributed by atoms with E-state index in [4.69, 9.17) is 4.74 Å². The van der Waals surface area contributed by atoms with E-state index >= 15 is 0 Å². The Kier molecular flexibility index (Phi) is 5.64. The molecule has 0 aliphatic carbocycles. The first-order valence-corrected chi connectivity index (χ1v) is 9.88. The summed E-state index contributed by atoms with van der Waals surface area (Å²) in [5.74, 6) is -0.456. The first kappa shape index (κ1) is 18.4. The number of hydrogen-bond donors (Lipinski definition) is 0. The van der Waals surface area contributed by atoms with Crippen molar-refractivity contribution in [2.75, 3.05) is 19.3 Å². The average Bonchev–Trinajstić information content (AvgIpc) is 2.54. The number of nitrogens with zero attached hydrogens (tertiary/aromatic N) is 1. The largest absolute Gasteiger partial charge is 0.449 e. The van der Waals surface area contributed by atoms with Gasteiger partial charge in [-0.25, -0.2) is 13.2 Å². The lowest BCUT2D eigenvalue weighted by Gasteiger charge is -2.31. The number of benzene rings is 1. The van der Waals surface area contributed by atoms with E-state index in [0.29, 0.717) is 19.0 Å². The van der Waals surface area contributed by atoms with Gasteiger partial charge in [0.15, 0.2) is 15.9 Å². The van der Waals surface area contributed by atoms with E-state index in [1.54, 1.807) is 11.0 Å². The minimum Gasteiger partial charge on any atom is -0.449 e. The van der Waals surface area contributed by atoms with Gasteiger partial charge in [0.05, 0.1) is 10.5 Å². The summed E-state index contributed by atoms with van der Waals surface area (Å²) in [5.41, 5.74) is -0.0492. The van der Waals surface area contributed by atoms with Crippen molar-refractivity contribution in [3.8, 4) is 0 Å². The molecule has 1 atom stereocenters. The van der Waals surface area contributed by atoms with E-state index in [-0.39, 0.29) is 16.4 Å². The van der Waals surface area contributed by atoms with E-state index in [9.17, 15) is 18.0 Å². The van der Waals surface area contributed by atoms with Crippen LogP contribution >= 0.6 is 0 Å². The molecule has 1 saturated heterocycles. The van der Waals surface area contributed by atoms with E-state index in [2.05, 4.69) is 6.92 Å². The highest BCUT2D eigenvalue weighted by Gasteiger charge is 2.28. The van der Waals surface area contributed by atoms with Crippen molar-refractivity contribution in [1.82, 2.24) is 4.90 Å². The molecular weight excluding hydrogens is 330 g/mol. The summed E-state index contributed by atoms with van der Waals surface area (Å²) < 4.78 is 28.8. The summed E-state index contributed by atoms with van der Waals surface area (Å²) in [6, 6.07) is 5.84. The van der Waals surface area contributed by atoms with E-state index < -0.39 is 21.9 Å². The molecule has 1 aliphatic rings. The van der Waals surface area contributed by atoms with Crippen LogP contribution in [0.3, 0.4) is 0 Å². The van der Waals surface area contributed by atoms with Crippen LogP contribution in [0.15, 0.2) is 29.2 Å². The van der Waals surface area contributed by atoms with Crippen molar-refractivity contribution in [2.24, 2.45) is 5.92 Å². The van der Waals surface area contributed by atoms with Crippen molar-refractivity contribution >= 4 is 21.7 Å². The van der Waals surface area contributed by atoms with Crippen LogP contribution in [0.25, 0.3) is 0 Å². The normalized spacial score (nSPS) is 17.4.